The summed E-state index contributed by atoms with van der Waals surface area (Å²) < 4.78 is 1.50. The number of carbonyl (C=O) groups excluding carboxylic acids is 1. The van der Waals surface area contributed by atoms with Gasteiger partial charge in [0.15, 0.2) is 5.69 Å². The van der Waals surface area contributed by atoms with E-state index in [0.29, 0.717) is 0 Å². The van der Waals surface area contributed by atoms with Crippen molar-refractivity contribution in [3.8, 4) is 5.69 Å². The Kier molecular flexibility index (Phi) is 4.80. The van der Waals surface area contributed by atoms with E-state index in [1.54, 1.807) is 0 Å². The summed E-state index contributed by atoms with van der Waals surface area (Å²) in [4.78, 5) is 13.5. The number of rotatable bonds is 6. The van der Waals surface area contributed by atoms with E-state index in [4.69, 9.17) is 10.2 Å². The van der Waals surface area contributed by atoms with Gasteiger partial charge in [-0.3, -0.25) is 4.79 Å². The number of aromatic nitrogens is 3. The Balaban J connectivity index is 2.17. The van der Waals surface area contributed by atoms with Crippen LogP contribution in [0.4, 0.5) is 0 Å². The zero-order valence-corrected chi connectivity index (χ0v) is 10.9. The molecule has 1 heterocycles. The first kappa shape index (κ1) is 14.2. The number of hydrogen-bond donors (Lipinski definition) is 2. The molecule has 106 valence electrons. The van der Waals surface area contributed by atoms with Crippen LogP contribution in [-0.4, -0.2) is 62.3 Å². The summed E-state index contributed by atoms with van der Waals surface area (Å²) in [6, 6.07) is 9.31. The monoisotopic (exact) mass is 276 g/mol. The molecule has 1 amide bonds. The van der Waals surface area contributed by atoms with Gasteiger partial charge in [0.25, 0.3) is 5.91 Å². The fourth-order valence-electron chi connectivity index (χ4n) is 1.79. The highest BCUT2D eigenvalue weighted by Gasteiger charge is 2.18. The Morgan fingerprint density at radius 2 is 1.80 bits per heavy atom. The first-order valence-corrected chi connectivity index (χ1v) is 6.25. The van der Waals surface area contributed by atoms with Crippen LogP contribution >= 0.6 is 0 Å². The molecule has 0 bridgehead atoms. The minimum Gasteiger partial charge on any atom is -0.395 e. The molecule has 20 heavy (non-hydrogen) atoms. The molecule has 0 saturated heterocycles. The highest BCUT2D eigenvalue weighted by atomic mass is 16.3. The quantitative estimate of drug-likeness (QED) is 0.755. The van der Waals surface area contributed by atoms with Gasteiger partial charge in [-0.2, -0.15) is 0 Å². The number of nitrogens with zero attached hydrogens (tertiary/aromatic N) is 4. The molecule has 0 saturated carbocycles. The summed E-state index contributed by atoms with van der Waals surface area (Å²) in [5.74, 6) is -0.365. The van der Waals surface area contributed by atoms with Crippen molar-refractivity contribution in [3.63, 3.8) is 0 Å². The predicted octanol–water partition coefficient (Wildman–Crippen LogP) is -0.306. The van der Waals surface area contributed by atoms with E-state index in [9.17, 15) is 4.79 Å². The third-order valence-corrected chi connectivity index (χ3v) is 2.76. The second-order valence-corrected chi connectivity index (χ2v) is 4.12. The zero-order chi connectivity index (χ0) is 14.4. The van der Waals surface area contributed by atoms with Gasteiger partial charge < -0.3 is 15.1 Å². The van der Waals surface area contributed by atoms with Crippen molar-refractivity contribution < 1.29 is 15.0 Å². The molecule has 0 aliphatic rings. The maximum absolute atomic E-state index is 12.2. The normalized spacial score (nSPS) is 10.5. The molecule has 2 rings (SSSR count). The first-order valence-electron chi connectivity index (χ1n) is 6.25. The summed E-state index contributed by atoms with van der Waals surface area (Å²) in [6.07, 6.45) is 1.53. The minimum absolute atomic E-state index is 0.150. The molecule has 0 radical (unpaired) electrons. The van der Waals surface area contributed by atoms with Crippen LogP contribution < -0.4 is 0 Å². The third kappa shape index (κ3) is 3.19. The fourth-order valence-corrected chi connectivity index (χ4v) is 1.79. The number of aliphatic hydroxyl groups is 2. The van der Waals surface area contributed by atoms with Gasteiger partial charge in [-0.1, -0.05) is 23.4 Å². The minimum atomic E-state index is -0.365. The lowest BCUT2D eigenvalue weighted by Gasteiger charge is -2.18. The summed E-state index contributed by atoms with van der Waals surface area (Å²) >= 11 is 0. The Bertz CT molecular complexity index is 550. The van der Waals surface area contributed by atoms with E-state index in [2.05, 4.69) is 10.3 Å². The molecule has 2 aromatic rings. The van der Waals surface area contributed by atoms with Crippen molar-refractivity contribution in [2.75, 3.05) is 26.3 Å². The summed E-state index contributed by atoms with van der Waals surface area (Å²) in [5, 5.41) is 25.6. The summed E-state index contributed by atoms with van der Waals surface area (Å²) in [5.41, 5.74) is 0.977. The molecule has 0 spiro atoms. The largest absolute Gasteiger partial charge is 0.395 e. The molecule has 0 atom stereocenters. The second kappa shape index (κ2) is 6.78. The molecule has 2 N–H and O–H groups in total. The standard InChI is InChI=1S/C13H16N4O3/c18-8-6-16(7-9-19)13(20)12-10-17(15-14-12)11-4-2-1-3-5-11/h1-5,10,18-19H,6-9H2. The maximum atomic E-state index is 12.2. The first-order chi connectivity index (χ1) is 9.76. The van der Waals surface area contributed by atoms with Crippen LogP contribution in [0, 0.1) is 0 Å². The van der Waals surface area contributed by atoms with E-state index < -0.39 is 0 Å². The van der Waals surface area contributed by atoms with Gasteiger partial charge in [-0.05, 0) is 12.1 Å². The number of aliphatic hydroxyl groups excluding tert-OH is 2. The average molecular weight is 276 g/mol. The zero-order valence-electron chi connectivity index (χ0n) is 10.9. The van der Waals surface area contributed by atoms with Gasteiger partial charge in [0.05, 0.1) is 25.1 Å². The average Bonchev–Trinajstić information content (AvgIpc) is 2.97. The van der Waals surface area contributed by atoms with Crippen LogP contribution in [0.15, 0.2) is 36.5 Å². The maximum Gasteiger partial charge on any atom is 0.276 e. The lowest BCUT2D eigenvalue weighted by Crippen LogP contribution is -2.36. The van der Waals surface area contributed by atoms with Gasteiger partial charge in [0.1, 0.15) is 0 Å². The third-order valence-electron chi connectivity index (χ3n) is 2.76. The Labute approximate surface area is 116 Å². The highest BCUT2D eigenvalue weighted by molar-refractivity contribution is 5.92. The summed E-state index contributed by atoms with van der Waals surface area (Å²) in [7, 11) is 0. The lowest BCUT2D eigenvalue weighted by molar-refractivity contribution is 0.0679. The molecule has 0 aliphatic carbocycles. The number of carbonyl (C=O) groups is 1. The van der Waals surface area contributed by atoms with Crippen molar-refractivity contribution in [1.82, 2.24) is 19.9 Å². The van der Waals surface area contributed by atoms with Gasteiger partial charge >= 0.3 is 0 Å². The fraction of sp³-hybridized carbons (Fsp3) is 0.308. The van der Waals surface area contributed by atoms with Crippen molar-refractivity contribution in [3.05, 3.63) is 42.2 Å². The van der Waals surface area contributed by atoms with Crippen molar-refractivity contribution in [2.45, 2.75) is 0 Å². The SMILES string of the molecule is O=C(c1cn(-c2ccccc2)nn1)N(CCO)CCO. The number of hydrogen-bond acceptors (Lipinski definition) is 5. The Morgan fingerprint density at radius 3 is 2.40 bits per heavy atom. The lowest BCUT2D eigenvalue weighted by atomic mass is 10.3. The van der Waals surface area contributed by atoms with Crippen molar-refractivity contribution in [2.24, 2.45) is 0 Å². The van der Waals surface area contributed by atoms with Crippen LogP contribution in [0.3, 0.4) is 0 Å². The van der Waals surface area contributed by atoms with Gasteiger partial charge in [0, 0.05) is 13.1 Å². The molecule has 1 aromatic heterocycles. The van der Waals surface area contributed by atoms with E-state index in [1.165, 1.54) is 15.8 Å². The van der Waals surface area contributed by atoms with Crippen LogP contribution in [0.2, 0.25) is 0 Å². The van der Waals surface area contributed by atoms with Crippen LogP contribution in [-0.2, 0) is 0 Å². The number of para-hydroxylation sites is 1. The number of benzene rings is 1. The van der Waals surface area contributed by atoms with E-state index >= 15 is 0 Å². The second-order valence-electron chi connectivity index (χ2n) is 4.12. The van der Waals surface area contributed by atoms with Crippen LogP contribution in [0.5, 0.6) is 0 Å². The molecule has 0 fully saturated rings. The van der Waals surface area contributed by atoms with E-state index in [0.717, 1.165) is 5.69 Å². The van der Waals surface area contributed by atoms with Gasteiger partial charge in [0.2, 0.25) is 0 Å². The van der Waals surface area contributed by atoms with Crippen LogP contribution in [0.25, 0.3) is 5.69 Å². The molecular weight excluding hydrogens is 260 g/mol. The number of amides is 1. The van der Waals surface area contributed by atoms with Crippen molar-refractivity contribution >= 4 is 5.91 Å². The Morgan fingerprint density at radius 1 is 1.15 bits per heavy atom. The molecule has 7 nitrogen and oxygen atoms in total. The van der Waals surface area contributed by atoms with Gasteiger partial charge in [-0.15, -0.1) is 5.10 Å². The van der Waals surface area contributed by atoms with E-state index in [-0.39, 0.29) is 37.9 Å². The topological polar surface area (TPSA) is 91.5 Å². The van der Waals surface area contributed by atoms with Crippen LogP contribution in [0.1, 0.15) is 10.5 Å². The molecule has 1 aromatic carbocycles. The Hall–Kier alpha value is -2.25. The smallest absolute Gasteiger partial charge is 0.276 e. The van der Waals surface area contributed by atoms with Gasteiger partial charge in [-0.25, -0.2) is 4.68 Å². The molecule has 0 aliphatic heterocycles. The summed E-state index contributed by atoms with van der Waals surface area (Å²) in [6.45, 7) is -0.0354. The van der Waals surface area contributed by atoms with E-state index in [1.807, 2.05) is 30.3 Å². The van der Waals surface area contributed by atoms with Crippen molar-refractivity contribution in [1.29, 1.82) is 0 Å². The molecular formula is C13H16N4O3. The molecule has 7 heteroatoms. The molecule has 0 unspecified atom stereocenters. The highest BCUT2D eigenvalue weighted by Crippen LogP contribution is 2.07. The predicted molar refractivity (Wildman–Crippen MR) is 71.4 cm³/mol.